The third-order valence-electron chi connectivity index (χ3n) is 4.72. The van der Waals surface area contributed by atoms with Crippen LogP contribution in [0.25, 0.3) is 0 Å². The summed E-state index contributed by atoms with van der Waals surface area (Å²) in [5.74, 6) is 0. The van der Waals surface area contributed by atoms with Gasteiger partial charge in [0.2, 0.25) is 0 Å². The monoisotopic (exact) mass is 214 g/mol. The Kier molecular flexibility index (Phi) is 1.30. The van der Waals surface area contributed by atoms with E-state index in [1.54, 1.807) is 0 Å². The number of benzene rings is 1. The summed E-state index contributed by atoms with van der Waals surface area (Å²) < 4.78 is 11.9. The van der Waals surface area contributed by atoms with Gasteiger partial charge in [-0.2, -0.15) is 0 Å². The van der Waals surface area contributed by atoms with E-state index in [2.05, 4.69) is 12.1 Å². The molecule has 0 radical (unpaired) electrons. The molecule has 5 rings (SSSR count). The third kappa shape index (κ3) is 0.802. The molecule has 4 aliphatic rings. The zero-order chi connectivity index (χ0) is 10.3. The van der Waals surface area contributed by atoms with E-state index in [-0.39, 0.29) is 0 Å². The Morgan fingerprint density at radius 2 is 0.938 bits per heavy atom. The third-order valence-corrected chi connectivity index (χ3v) is 4.72. The van der Waals surface area contributed by atoms with Gasteiger partial charge in [-0.15, -0.1) is 0 Å². The minimum Gasteiger partial charge on any atom is -0.366 e. The highest BCUT2D eigenvalue weighted by atomic mass is 16.5. The van der Waals surface area contributed by atoms with E-state index in [1.807, 2.05) is 0 Å². The van der Waals surface area contributed by atoms with Crippen molar-refractivity contribution in [1.29, 1.82) is 0 Å². The molecule has 0 saturated carbocycles. The standard InChI is InChI=1S/C14H14O2/c1-2-12-8-6-10-9(5-7(8)11(1)15-12)13-3-4-14(10)16-13/h5-6,11-14H,1-4H2/t11-,12-,13-,14-/m0/s1. The van der Waals surface area contributed by atoms with Crippen molar-refractivity contribution in [2.24, 2.45) is 0 Å². The molecule has 4 atom stereocenters. The van der Waals surface area contributed by atoms with Gasteiger partial charge < -0.3 is 9.47 Å². The van der Waals surface area contributed by atoms with Gasteiger partial charge in [-0.25, -0.2) is 0 Å². The topological polar surface area (TPSA) is 18.5 Å². The van der Waals surface area contributed by atoms with Gasteiger partial charge in [-0.1, -0.05) is 0 Å². The van der Waals surface area contributed by atoms with Gasteiger partial charge in [0.1, 0.15) is 0 Å². The highest BCUT2D eigenvalue weighted by Crippen LogP contribution is 2.56. The molecule has 0 aliphatic carbocycles. The van der Waals surface area contributed by atoms with E-state index < -0.39 is 0 Å². The van der Waals surface area contributed by atoms with Crippen LogP contribution in [-0.2, 0) is 9.47 Å². The second-order valence-corrected chi connectivity index (χ2v) is 5.49. The van der Waals surface area contributed by atoms with Crippen molar-refractivity contribution < 1.29 is 9.47 Å². The molecule has 0 aromatic heterocycles. The van der Waals surface area contributed by atoms with Crippen molar-refractivity contribution in [1.82, 2.24) is 0 Å². The van der Waals surface area contributed by atoms with Gasteiger partial charge in [-0.05, 0) is 60.1 Å². The molecular formula is C14H14O2. The summed E-state index contributed by atoms with van der Waals surface area (Å²) in [5, 5.41) is 0. The molecular weight excluding hydrogens is 200 g/mol. The Hall–Kier alpha value is -0.860. The van der Waals surface area contributed by atoms with E-state index in [1.165, 1.54) is 47.9 Å². The van der Waals surface area contributed by atoms with E-state index in [0.717, 1.165) is 0 Å². The van der Waals surface area contributed by atoms with Crippen molar-refractivity contribution in [2.75, 3.05) is 0 Å². The van der Waals surface area contributed by atoms with Crippen molar-refractivity contribution in [3.8, 4) is 0 Å². The fourth-order valence-corrected chi connectivity index (χ4v) is 3.97. The van der Waals surface area contributed by atoms with Crippen LogP contribution in [0.3, 0.4) is 0 Å². The first-order chi connectivity index (χ1) is 7.90. The summed E-state index contributed by atoms with van der Waals surface area (Å²) in [6, 6.07) is 4.77. The minimum atomic E-state index is 0.393. The number of hydrogen-bond acceptors (Lipinski definition) is 2. The average molecular weight is 214 g/mol. The van der Waals surface area contributed by atoms with Crippen LogP contribution in [0, 0.1) is 0 Å². The predicted octanol–water partition coefficient (Wildman–Crippen LogP) is 3.50. The molecule has 2 saturated heterocycles. The van der Waals surface area contributed by atoms with Gasteiger partial charge in [0.05, 0.1) is 24.4 Å². The van der Waals surface area contributed by atoms with E-state index in [9.17, 15) is 0 Å². The van der Waals surface area contributed by atoms with Crippen LogP contribution >= 0.6 is 0 Å². The molecule has 2 heteroatoms. The van der Waals surface area contributed by atoms with E-state index in [0.29, 0.717) is 24.4 Å². The summed E-state index contributed by atoms with van der Waals surface area (Å²) in [7, 11) is 0. The van der Waals surface area contributed by atoms with Crippen molar-refractivity contribution in [3.63, 3.8) is 0 Å². The van der Waals surface area contributed by atoms with Gasteiger partial charge in [0.25, 0.3) is 0 Å². The van der Waals surface area contributed by atoms with Crippen LogP contribution in [0.4, 0.5) is 0 Å². The first-order valence-electron chi connectivity index (χ1n) is 6.39. The molecule has 0 amide bonds. The van der Waals surface area contributed by atoms with Crippen LogP contribution in [-0.4, -0.2) is 0 Å². The first kappa shape index (κ1) is 8.26. The van der Waals surface area contributed by atoms with Crippen LogP contribution < -0.4 is 0 Å². The zero-order valence-corrected chi connectivity index (χ0v) is 9.11. The van der Waals surface area contributed by atoms with Crippen LogP contribution in [0.15, 0.2) is 12.1 Å². The number of rotatable bonds is 0. The Balaban J connectivity index is 1.77. The summed E-state index contributed by atoms with van der Waals surface area (Å²) in [6.45, 7) is 0. The highest BCUT2D eigenvalue weighted by molar-refractivity contribution is 5.48. The second-order valence-electron chi connectivity index (χ2n) is 5.49. The maximum atomic E-state index is 5.97. The smallest absolute Gasteiger partial charge is 0.0838 e. The quantitative estimate of drug-likeness (QED) is 0.658. The maximum Gasteiger partial charge on any atom is 0.0838 e. The lowest BCUT2D eigenvalue weighted by molar-refractivity contribution is 0.0678. The molecule has 16 heavy (non-hydrogen) atoms. The Morgan fingerprint density at radius 1 is 0.625 bits per heavy atom. The lowest BCUT2D eigenvalue weighted by Crippen LogP contribution is -2.04. The van der Waals surface area contributed by atoms with Crippen molar-refractivity contribution >= 4 is 0 Å². The van der Waals surface area contributed by atoms with Crippen molar-refractivity contribution in [2.45, 2.75) is 50.1 Å². The SMILES string of the molecule is c1c2c(cc3c1[C@@H]1CC[C@@H]3O1)[C@@H]1CC[C@@H]2O1. The molecule has 1 aromatic carbocycles. The molecule has 82 valence electrons. The second kappa shape index (κ2) is 2.52. The van der Waals surface area contributed by atoms with Crippen LogP contribution in [0.5, 0.6) is 0 Å². The summed E-state index contributed by atoms with van der Waals surface area (Å²) in [6.07, 6.45) is 6.43. The van der Waals surface area contributed by atoms with Gasteiger partial charge in [0.15, 0.2) is 0 Å². The Bertz CT molecular complexity index is 410. The number of fused-ring (bicyclic) bond motifs is 10. The average Bonchev–Trinajstić information content (AvgIpc) is 3.07. The molecule has 2 fully saturated rings. The van der Waals surface area contributed by atoms with Gasteiger partial charge in [-0.3, -0.25) is 0 Å². The van der Waals surface area contributed by atoms with E-state index in [4.69, 9.17) is 9.47 Å². The molecule has 4 heterocycles. The fraction of sp³-hybridized carbons (Fsp3) is 0.571. The lowest BCUT2D eigenvalue weighted by Gasteiger charge is -2.17. The summed E-state index contributed by atoms with van der Waals surface area (Å²) >= 11 is 0. The number of hydrogen-bond donors (Lipinski definition) is 0. The molecule has 4 bridgehead atoms. The normalized spacial score (nSPS) is 41.5. The highest BCUT2D eigenvalue weighted by Gasteiger charge is 2.43. The maximum absolute atomic E-state index is 5.97. The molecule has 2 nitrogen and oxygen atoms in total. The molecule has 4 aliphatic heterocycles. The molecule has 0 spiro atoms. The summed E-state index contributed by atoms with van der Waals surface area (Å²) in [4.78, 5) is 0. The Morgan fingerprint density at radius 3 is 1.25 bits per heavy atom. The predicted molar refractivity (Wildman–Crippen MR) is 58.0 cm³/mol. The zero-order valence-electron chi connectivity index (χ0n) is 9.11. The number of ether oxygens (including phenoxy) is 2. The fourth-order valence-electron chi connectivity index (χ4n) is 3.97. The first-order valence-corrected chi connectivity index (χ1v) is 6.39. The minimum absolute atomic E-state index is 0.393. The Labute approximate surface area is 94.6 Å². The van der Waals surface area contributed by atoms with Gasteiger partial charge in [0, 0.05) is 0 Å². The molecule has 0 N–H and O–H groups in total. The molecule has 0 unspecified atom stereocenters. The largest absolute Gasteiger partial charge is 0.366 e. The van der Waals surface area contributed by atoms with Crippen LogP contribution in [0.2, 0.25) is 0 Å². The lowest BCUT2D eigenvalue weighted by atomic mass is 9.83. The van der Waals surface area contributed by atoms with Crippen LogP contribution in [0.1, 0.15) is 72.4 Å². The van der Waals surface area contributed by atoms with Gasteiger partial charge >= 0.3 is 0 Å². The van der Waals surface area contributed by atoms with Crippen molar-refractivity contribution in [3.05, 3.63) is 34.4 Å². The summed E-state index contributed by atoms with van der Waals surface area (Å²) in [5.41, 5.74) is 5.86. The molecule has 1 aromatic rings. The van der Waals surface area contributed by atoms with E-state index >= 15 is 0 Å².